The molecule has 2 rings (SSSR count). The summed E-state index contributed by atoms with van der Waals surface area (Å²) in [7, 11) is -2.00. The highest BCUT2D eigenvalue weighted by molar-refractivity contribution is 7.91. The van der Waals surface area contributed by atoms with E-state index in [2.05, 4.69) is 10.6 Å². The van der Waals surface area contributed by atoms with Crippen molar-refractivity contribution in [3.8, 4) is 0 Å². The number of anilines is 2. The first kappa shape index (κ1) is 15.1. The molecule has 9 heteroatoms. The van der Waals surface area contributed by atoms with E-state index in [1.54, 1.807) is 0 Å². The summed E-state index contributed by atoms with van der Waals surface area (Å²) in [6.07, 6.45) is 1.12. The number of hydrogen-bond donors (Lipinski definition) is 3. The largest absolute Gasteiger partial charge is 0.396 e. The van der Waals surface area contributed by atoms with Gasteiger partial charge in [0.25, 0.3) is 5.91 Å². The fraction of sp³-hybridized carbons (Fsp3) is 0.545. The first-order chi connectivity index (χ1) is 9.36. The number of nitrogens with one attached hydrogen (secondary N) is 2. The van der Waals surface area contributed by atoms with Gasteiger partial charge in [-0.05, 0) is 0 Å². The van der Waals surface area contributed by atoms with Gasteiger partial charge in [0.2, 0.25) is 0 Å². The van der Waals surface area contributed by atoms with Crippen LogP contribution in [0.25, 0.3) is 0 Å². The lowest BCUT2D eigenvalue weighted by Gasteiger charge is -2.28. The minimum Gasteiger partial charge on any atom is -0.396 e. The number of carbonyl (C=O) groups is 1. The molecule has 4 N–H and O–H groups in total. The molecule has 7 nitrogen and oxygen atoms in total. The number of nitrogen functional groups attached to an aromatic ring is 1. The highest BCUT2D eigenvalue weighted by atomic mass is 32.2. The molecule has 1 aliphatic heterocycles. The van der Waals surface area contributed by atoms with Gasteiger partial charge in [0, 0.05) is 39.5 Å². The van der Waals surface area contributed by atoms with E-state index in [0.29, 0.717) is 18.1 Å². The zero-order chi connectivity index (χ0) is 14.9. The monoisotopic (exact) mass is 318 g/mol. The fourth-order valence-electron chi connectivity index (χ4n) is 2.13. The van der Waals surface area contributed by atoms with Gasteiger partial charge < -0.3 is 21.3 Å². The Morgan fingerprint density at radius 1 is 1.40 bits per heavy atom. The molecular formula is C11H18N4O3S2. The minimum atomic E-state index is -3.49. The van der Waals surface area contributed by atoms with Gasteiger partial charge in [0.1, 0.15) is 14.8 Å². The third-order valence-corrected chi connectivity index (χ3v) is 5.64. The summed E-state index contributed by atoms with van der Waals surface area (Å²) >= 11 is 1.13. The van der Waals surface area contributed by atoms with E-state index in [9.17, 15) is 13.2 Å². The lowest BCUT2D eigenvalue weighted by Crippen LogP contribution is -2.43. The minimum absolute atomic E-state index is 0.0467. The molecule has 2 heterocycles. The second-order valence-electron chi connectivity index (χ2n) is 4.57. The Morgan fingerprint density at radius 3 is 2.50 bits per heavy atom. The summed E-state index contributed by atoms with van der Waals surface area (Å²) in [6, 6.07) is 0. The zero-order valence-electron chi connectivity index (χ0n) is 11.4. The van der Waals surface area contributed by atoms with Gasteiger partial charge in [-0.3, -0.25) is 4.79 Å². The Hall–Kier alpha value is -1.32. The molecule has 1 aromatic rings. The standard InChI is InChI=1S/C11H18N4O3S2/c1-13-10(16)8-7(12)9(20(2,17)18)11(19-8)15-5-3-14-4-6-15/h14H,3-6,12H2,1-2H3,(H,13,16). The number of sulfone groups is 1. The van der Waals surface area contributed by atoms with Gasteiger partial charge in [-0.25, -0.2) is 8.42 Å². The van der Waals surface area contributed by atoms with Crippen LogP contribution in [-0.4, -0.2) is 53.8 Å². The maximum Gasteiger partial charge on any atom is 0.263 e. The van der Waals surface area contributed by atoms with E-state index in [4.69, 9.17) is 5.73 Å². The normalized spacial score (nSPS) is 16.2. The molecular weight excluding hydrogens is 300 g/mol. The summed E-state index contributed by atoms with van der Waals surface area (Å²) < 4.78 is 24.0. The Labute approximate surface area is 122 Å². The van der Waals surface area contributed by atoms with Crippen molar-refractivity contribution in [2.75, 3.05) is 50.1 Å². The summed E-state index contributed by atoms with van der Waals surface area (Å²) in [6.45, 7) is 2.93. The van der Waals surface area contributed by atoms with E-state index < -0.39 is 9.84 Å². The van der Waals surface area contributed by atoms with Crippen LogP contribution in [0, 0.1) is 0 Å². The molecule has 1 aliphatic rings. The quantitative estimate of drug-likeness (QED) is 0.694. The van der Waals surface area contributed by atoms with Gasteiger partial charge in [-0.1, -0.05) is 0 Å². The Balaban J connectivity index is 2.57. The highest BCUT2D eigenvalue weighted by Gasteiger charge is 2.29. The molecule has 112 valence electrons. The van der Waals surface area contributed by atoms with Crippen molar-refractivity contribution in [1.82, 2.24) is 10.6 Å². The van der Waals surface area contributed by atoms with Crippen LogP contribution < -0.4 is 21.3 Å². The van der Waals surface area contributed by atoms with E-state index in [1.165, 1.54) is 7.05 Å². The SMILES string of the molecule is CNC(=O)c1sc(N2CCNCC2)c(S(C)(=O)=O)c1N. The third-order valence-electron chi connectivity index (χ3n) is 3.09. The van der Waals surface area contributed by atoms with Gasteiger partial charge >= 0.3 is 0 Å². The number of thiophene rings is 1. The Bertz CT molecular complexity index is 618. The zero-order valence-corrected chi connectivity index (χ0v) is 13.0. The van der Waals surface area contributed by atoms with Crippen LogP contribution in [0.1, 0.15) is 9.67 Å². The van der Waals surface area contributed by atoms with Crippen molar-refractivity contribution in [2.24, 2.45) is 0 Å². The van der Waals surface area contributed by atoms with E-state index in [1.807, 2.05) is 4.90 Å². The molecule has 20 heavy (non-hydrogen) atoms. The fourth-order valence-corrected chi connectivity index (χ4v) is 4.84. The molecule has 0 radical (unpaired) electrons. The smallest absolute Gasteiger partial charge is 0.263 e. The first-order valence-corrected chi connectivity index (χ1v) is 8.87. The van der Waals surface area contributed by atoms with Crippen molar-refractivity contribution in [1.29, 1.82) is 0 Å². The summed E-state index contributed by atoms with van der Waals surface area (Å²) in [5.74, 6) is -0.362. The van der Waals surface area contributed by atoms with E-state index >= 15 is 0 Å². The van der Waals surface area contributed by atoms with Crippen molar-refractivity contribution in [3.05, 3.63) is 4.88 Å². The lowest BCUT2D eigenvalue weighted by atomic mass is 10.3. The van der Waals surface area contributed by atoms with Crippen molar-refractivity contribution >= 4 is 37.8 Å². The second-order valence-corrected chi connectivity index (χ2v) is 7.52. The van der Waals surface area contributed by atoms with E-state index in [0.717, 1.165) is 30.7 Å². The summed E-state index contributed by atoms with van der Waals surface area (Å²) in [4.78, 5) is 14.1. The lowest BCUT2D eigenvalue weighted by molar-refractivity contribution is 0.0968. The summed E-state index contributed by atoms with van der Waals surface area (Å²) in [5.41, 5.74) is 5.95. The number of carbonyl (C=O) groups excluding carboxylic acids is 1. The number of hydrogen-bond acceptors (Lipinski definition) is 7. The van der Waals surface area contributed by atoms with Crippen LogP contribution in [0.15, 0.2) is 4.90 Å². The molecule has 1 amide bonds. The molecule has 0 atom stereocenters. The van der Waals surface area contributed by atoms with Crippen LogP contribution in [0.2, 0.25) is 0 Å². The average Bonchev–Trinajstić information content (AvgIpc) is 2.76. The van der Waals surface area contributed by atoms with Crippen molar-refractivity contribution in [3.63, 3.8) is 0 Å². The molecule has 1 saturated heterocycles. The number of piperazine rings is 1. The number of nitrogens with two attached hydrogens (primary N) is 1. The van der Waals surface area contributed by atoms with Crippen LogP contribution in [0.3, 0.4) is 0 Å². The van der Waals surface area contributed by atoms with Crippen LogP contribution in [0.4, 0.5) is 10.7 Å². The Morgan fingerprint density at radius 2 is 2.00 bits per heavy atom. The predicted octanol–water partition coefficient (Wildman–Crippen LogP) is -0.497. The van der Waals surface area contributed by atoms with Gasteiger partial charge in [0.05, 0.1) is 5.69 Å². The van der Waals surface area contributed by atoms with Crippen LogP contribution in [-0.2, 0) is 9.84 Å². The first-order valence-electron chi connectivity index (χ1n) is 6.16. The van der Waals surface area contributed by atoms with Crippen molar-refractivity contribution in [2.45, 2.75) is 4.90 Å². The average molecular weight is 318 g/mol. The van der Waals surface area contributed by atoms with E-state index in [-0.39, 0.29) is 21.4 Å². The molecule has 0 saturated carbocycles. The van der Waals surface area contributed by atoms with Gasteiger partial charge in [0.15, 0.2) is 9.84 Å². The molecule has 1 fully saturated rings. The van der Waals surface area contributed by atoms with Crippen LogP contribution in [0.5, 0.6) is 0 Å². The highest BCUT2D eigenvalue weighted by Crippen LogP contribution is 2.41. The second kappa shape index (κ2) is 5.58. The maximum absolute atomic E-state index is 12.0. The van der Waals surface area contributed by atoms with Gasteiger partial charge in [-0.15, -0.1) is 11.3 Å². The van der Waals surface area contributed by atoms with Crippen molar-refractivity contribution < 1.29 is 13.2 Å². The summed E-state index contributed by atoms with van der Waals surface area (Å²) in [5, 5.41) is 6.24. The van der Waals surface area contributed by atoms with Crippen LogP contribution >= 0.6 is 11.3 Å². The Kier molecular flexibility index (Phi) is 4.21. The molecule has 0 aromatic carbocycles. The number of rotatable bonds is 3. The number of amides is 1. The van der Waals surface area contributed by atoms with Gasteiger partial charge in [-0.2, -0.15) is 0 Å². The maximum atomic E-state index is 12.0. The molecule has 0 aliphatic carbocycles. The molecule has 0 unspecified atom stereocenters. The number of nitrogens with zero attached hydrogens (tertiary/aromatic N) is 1. The molecule has 1 aromatic heterocycles. The predicted molar refractivity (Wildman–Crippen MR) is 80.3 cm³/mol. The third kappa shape index (κ3) is 2.74. The molecule has 0 bridgehead atoms. The molecule has 0 spiro atoms. The topological polar surface area (TPSA) is 105 Å².